The van der Waals surface area contributed by atoms with E-state index in [-0.39, 0.29) is 6.54 Å². The standard InChI is InChI=1S/C4H10N2O2/c1-8-4(7)3(6)2-5/h3H,2,5-6H2,1H3/t3-/m1/s1. The SMILES string of the molecule is COC(=O)[C@H](N)CN. The zero-order valence-electron chi connectivity index (χ0n) is 4.76. The third kappa shape index (κ3) is 1.90. The Bertz CT molecular complexity index is 84.1. The molecule has 4 nitrogen and oxygen atoms in total. The second-order valence-electron chi connectivity index (χ2n) is 1.37. The molecule has 4 heteroatoms. The van der Waals surface area contributed by atoms with Crippen molar-refractivity contribution in [2.75, 3.05) is 13.7 Å². The van der Waals surface area contributed by atoms with Gasteiger partial charge in [0.25, 0.3) is 0 Å². The van der Waals surface area contributed by atoms with Crippen LogP contribution in [0.3, 0.4) is 0 Å². The molecule has 0 unspecified atom stereocenters. The molecule has 1 atom stereocenters. The van der Waals surface area contributed by atoms with E-state index in [0.717, 1.165) is 0 Å². The quantitative estimate of drug-likeness (QED) is 0.430. The van der Waals surface area contributed by atoms with E-state index in [4.69, 9.17) is 11.5 Å². The number of rotatable bonds is 2. The maximum absolute atomic E-state index is 10.3. The molecule has 0 aromatic rings. The van der Waals surface area contributed by atoms with E-state index in [1.165, 1.54) is 7.11 Å². The Hall–Kier alpha value is -0.610. The minimum Gasteiger partial charge on any atom is -0.468 e. The summed E-state index contributed by atoms with van der Waals surface area (Å²) in [4.78, 5) is 10.3. The van der Waals surface area contributed by atoms with Crippen LogP contribution >= 0.6 is 0 Å². The molecule has 8 heavy (non-hydrogen) atoms. The molecular formula is C4H10N2O2. The highest BCUT2D eigenvalue weighted by Crippen LogP contribution is 1.76. The van der Waals surface area contributed by atoms with Crippen LogP contribution in [0.4, 0.5) is 0 Å². The summed E-state index contributed by atoms with van der Waals surface area (Å²) in [6.07, 6.45) is 0. The van der Waals surface area contributed by atoms with Crippen LogP contribution < -0.4 is 11.5 Å². The van der Waals surface area contributed by atoms with Crippen molar-refractivity contribution < 1.29 is 9.53 Å². The van der Waals surface area contributed by atoms with Gasteiger partial charge in [-0.25, -0.2) is 0 Å². The molecule has 0 fully saturated rings. The van der Waals surface area contributed by atoms with Crippen LogP contribution in [0.1, 0.15) is 0 Å². The fourth-order valence-electron chi connectivity index (χ4n) is 0.248. The molecule has 0 rings (SSSR count). The van der Waals surface area contributed by atoms with E-state index in [2.05, 4.69) is 4.74 Å². The van der Waals surface area contributed by atoms with Crippen LogP contribution in [0.5, 0.6) is 0 Å². The molecule has 0 amide bonds. The minimum atomic E-state index is -0.667. The summed E-state index contributed by atoms with van der Waals surface area (Å²) in [5, 5.41) is 0. The zero-order chi connectivity index (χ0) is 6.57. The molecule has 0 aliphatic heterocycles. The maximum atomic E-state index is 10.3. The number of methoxy groups -OCH3 is 1. The fraction of sp³-hybridized carbons (Fsp3) is 0.750. The number of esters is 1. The molecule has 0 bridgehead atoms. The van der Waals surface area contributed by atoms with Crippen molar-refractivity contribution in [2.24, 2.45) is 11.5 Å². The van der Waals surface area contributed by atoms with E-state index in [0.29, 0.717) is 0 Å². The Balaban J connectivity index is 3.46. The van der Waals surface area contributed by atoms with Crippen molar-refractivity contribution in [3.05, 3.63) is 0 Å². The first-order valence-corrected chi connectivity index (χ1v) is 2.26. The Morgan fingerprint density at radius 1 is 1.88 bits per heavy atom. The molecule has 48 valence electrons. The molecule has 0 aromatic carbocycles. The second-order valence-corrected chi connectivity index (χ2v) is 1.37. The highest BCUT2D eigenvalue weighted by molar-refractivity contribution is 5.75. The van der Waals surface area contributed by atoms with Crippen LogP contribution in [0, 0.1) is 0 Å². The average Bonchev–Trinajstić information content (AvgIpc) is 1.84. The number of hydrogen-bond acceptors (Lipinski definition) is 4. The molecule has 0 saturated heterocycles. The first-order valence-electron chi connectivity index (χ1n) is 2.26. The third-order valence-electron chi connectivity index (χ3n) is 0.758. The lowest BCUT2D eigenvalue weighted by atomic mass is 10.3. The highest BCUT2D eigenvalue weighted by atomic mass is 16.5. The van der Waals surface area contributed by atoms with Gasteiger partial charge in [0.2, 0.25) is 0 Å². The molecule has 4 N–H and O–H groups in total. The van der Waals surface area contributed by atoms with E-state index >= 15 is 0 Å². The molecule has 0 saturated carbocycles. The molecular weight excluding hydrogens is 108 g/mol. The van der Waals surface area contributed by atoms with Gasteiger partial charge < -0.3 is 16.2 Å². The first-order chi connectivity index (χ1) is 3.72. The number of carbonyl (C=O) groups excluding carboxylic acids is 1. The summed E-state index contributed by atoms with van der Waals surface area (Å²) >= 11 is 0. The van der Waals surface area contributed by atoms with Crippen LogP contribution in [0.25, 0.3) is 0 Å². The smallest absolute Gasteiger partial charge is 0.323 e. The molecule has 0 heterocycles. The summed E-state index contributed by atoms with van der Waals surface area (Å²) in [7, 11) is 1.28. The predicted octanol–water partition coefficient (Wildman–Crippen LogP) is -1.55. The van der Waals surface area contributed by atoms with Crippen molar-refractivity contribution in [3.63, 3.8) is 0 Å². The predicted molar refractivity (Wildman–Crippen MR) is 29.0 cm³/mol. The van der Waals surface area contributed by atoms with Gasteiger partial charge in [-0.1, -0.05) is 0 Å². The summed E-state index contributed by atoms with van der Waals surface area (Å²) in [6.45, 7) is 0.132. The number of nitrogens with two attached hydrogens (primary N) is 2. The van der Waals surface area contributed by atoms with E-state index in [9.17, 15) is 4.79 Å². The first kappa shape index (κ1) is 7.39. The summed E-state index contributed by atoms with van der Waals surface area (Å²) in [6, 6.07) is -0.667. The largest absolute Gasteiger partial charge is 0.468 e. The van der Waals surface area contributed by atoms with Crippen molar-refractivity contribution in [3.8, 4) is 0 Å². The lowest BCUT2D eigenvalue weighted by Gasteiger charge is -2.03. The Kier molecular flexibility index (Phi) is 3.14. The van der Waals surface area contributed by atoms with Gasteiger partial charge >= 0.3 is 5.97 Å². The van der Waals surface area contributed by atoms with E-state index in [1.54, 1.807) is 0 Å². The van der Waals surface area contributed by atoms with Gasteiger partial charge in [-0.05, 0) is 0 Å². The molecule has 0 aromatic heterocycles. The third-order valence-corrected chi connectivity index (χ3v) is 0.758. The number of carbonyl (C=O) groups is 1. The summed E-state index contributed by atoms with van der Waals surface area (Å²) in [5.41, 5.74) is 10.2. The van der Waals surface area contributed by atoms with E-state index < -0.39 is 12.0 Å². The normalized spacial score (nSPS) is 12.9. The van der Waals surface area contributed by atoms with E-state index in [1.807, 2.05) is 0 Å². The topological polar surface area (TPSA) is 78.3 Å². The zero-order valence-corrected chi connectivity index (χ0v) is 4.76. The van der Waals surface area contributed by atoms with Gasteiger partial charge in [-0.2, -0.15) is 0 Å². The summed E-state index contributed by atoms with van der Waals surface area (Å²) in [5.74, 6) is -0.465. The average molecular weight is 118 g/mol. The van der Waals surface area contributed by atoms with Gasteiger partial charge in [-0.15, -0.1) is 0 Å². The Morgan fingerprint density at radius 3 is 2.50 bits per heavy atom. The fourth-order valence-corrected chi connectivity index (χ4v) is 0.248. The van der Waals surface area contributed by atoms with Gasteiger partial charge in [0.1, 0.15) is 6.04 Å². The lowest BCUT2D eigenvalue weighted by Crippen LogP contribution is -2.38. The Morgan fingerprint density at radius 2 is 2.38 bits per heavy atom. The number of hydrogen-bond donors (Lipinski definition) is 2. The minimum absolute atomic E-state index is 0.132. The van der Waals surface area contributed by atoms with Crippen LogP contribution in [0.2, 0.25) is 0 Å². The molecule has 0 aliphatic rings. The van der Waals surface area contributed by atoms with Gasteiger partial charge in [0.05, 0.1) is 7.11 Å². The van der Waals surface area contributed by atoms with Crippen molar-refractivity contribution in [2.45, 2.75) is 6.04 Å². The van der Waals surface area contributed by atoms with Crippen molar-refractivity contribution in [1.29, 1.82) is 0 Å². The molecule has 0 spiro atoms. The van der Waals surface area contributed by atoms with Crippen LogP contribution in [-0.2, 0) is 9.53 Å². The number of ether oxygens (including phenoxy) is 1. The molecule has 0 radical (unpaired) electrons. The highest BCUT2D eigenvalue weighted by Gasteiger charge is 2.09. The van der Waals surface area contributed by atoms with Gasteiger partial charge in [0, 0.05) is 6.54 Å². The lowest BCUT2D eigenvalue weighted by molar-refractivity contribution is -0.141. The van der Waals surface area contributed by atoms with Crippen molar-refractivity contribution in [1.82, 2.24) is 0 Å². The van der Waals surface area contributed by atoms with Crippen LogP contribution in [0.15, 0.2) is 0 Å². The second kappa shape index (κ2) is 3.40. The van der Waals surface area contributed by atoms with Crippen molar-refractivity contribution >= 4 is 5.97 Å². The van der Waals surface area contributed by atoms with Gasteiger partial charge in [-0.3, -0.25) is 4.79 Å². The molecule has 0 aliphatic carbocycles. The maximum Gasteiger partial charge on any atom is 0.323 e. The van der Waals surface area contributed by atoms with Gasteiger partial charge in [0.15, 0.2) is 0 Å². The van der Waals surface area contributed by atoms with Crippen LogP contribution in [-0.4, -0.2) is 25.7 Å². The summed E-state index contributed by atoms with van der Waals surface area (Å²) < 4.78 is 4.26. The Labute approximate surface area is 47.8 Å². The monoisotopic (exact) mass is 118 g/mol.